The zero-order chi connectivity index (χ0) is 11.8. The molecule has 0 aliphatic carbocycles. The maximum atomic E-state index is 5.88. The van der Waals surface area contributed by atoms with Crippen molar-refractivity contribution in [3.05, 3.63) is 41.8 Å². The van der Waals surface area contributed by atoms with Crippen molar-refractivity contribution < 1.29 is 0 Å². The van der Waals surface area contributed by atoms with Gasteiger partial charge in [-0.05, 0) is 12.1 Å². The highest BCUT2D eigenvalue weighted by molar-refractivity contribution is 6.29. The minimum absolute atomic E-state index is 0.368. The van der Waals surface area contributed by atoms with E-state index in [1.54, 1.807) is 10.6 Å². The number of aromatic nitrogens is 4. The van der Waals surface area contributed by atoms with E-state index in [1.807, 2.05) is 24.3 Å². The number of imidazole rings is 1. The summed E-state index contributed by atoms with van der Waals surface area (Å²) in [7, 11) is 0. The lowest BCUT2D eigenvalue weighted by atomic mass is 10.3. The fourth-order valence-electron chi connectivity index (χ4n) is 1.73. The van der Waals surface area contributed by atoms with Gasteiger partial charge in [-0.15, -0.1) is 0 Å². The summed E-state index contributed by atoms with van der Waals surface area (Å²) in [6.07, 6.45) is 1.39. The quantitative estimate of drug-likeness (QED) is 0.666. The van der Waals surface area contributed by atoms with Crippen molar-refractivity contribution in [1.82, 2.24) is 19.5 Å². The number of fused-ring (bicyclic) bond motifs is 1. The maximum absolute atomic E-state index is 5.88. The van der Waals surface area contributed by atoms with E-state index in [9.17, 15) is 0 Å². The maximum Gasteiger partial charge on any atom is 0.207 e. The average molecular weight is 246 g/mol. The smallest absolute Gasteiger partial charge is 0.207 e. The molecule has 0 amide bonds. The molecule has 0 saturated heterocycles. The van der Waals surface area contributed by atoms with Gasteiger partial charge in [-0.3, -0.25) is 4.57 Å². The second-order valence-electron chi connectivity index (χ2n) is 3.49. The van der Waals surface area contributed by atoms with E-state index >= 15 is 0 Å². The Balaban J connectivity index is 2.33. The largest absolute Gasteiger partial charge is 0.369 e. The van der Waals surface area contributed by atoms with Crippen LogP contribution in [0.1, 0.15) is 0 Å². The molecule has 1 aromatic carbocycles. The van der Waals surface area contributed by atoms with Gasteiger partial charge >= 0.3 is 0 Å². The lowest BCUT2D eigenvalue weighted by Crippen LogP contribution is -2.02. The predicted molar refractivity (Wildman–Crippen MR) is 66.1 cm³/mol. The van der Waals surface area contributed by atoms with E-state index in [0.717, 1.165) is 11.0 Å². The number of anilines is 1. The van der Waals surface area contributed by atoms with Gasteiger partial charge in [-0.2, -0.15) is 0 Å². The molecule has 0 aliphatic rings. The van der Waals surface area contributed by atoms with Gasteiger partial charge in [-0.25, -0.2) is 15.0 Å². The summed E-state index contributed by atoms with van der Waals surface area (Å²) in [5, 5.41) is 0.368. The van der Waals surface area contributed by atoms with Crippen LogP contribution in [0.5, 0.6) is 0 Å². The Morgan fingerprint density at radius 2 is 2.00 bits per heavy atom. The first-order valence-corrected chi connectivity index (χ1v) is 5.34. The molecular formula is C11H8ClN5. The van der Waals surface area contributed by atoms with Gasteiger partial charge in [0.1, 0.15) is 17.3 Å². The zero-order valence-corrected chi connectivity index (χ0v) is 9.46. The molecule has 2 aromatic heterocycles. The van der Waals surface area contributed by atoms with Crippen LogP contribution in [0.25, 0.3) is 16.9 Å². The highest BCUT2D eigenvalue weighted by atomic mass is 35.5. The van der Waals surface area contributed by atoms with Crippen molar-refractivity contribution in [1.29, 1.82) is 0 Å². The van der Waals surface area contributed by atoms with Gasteiger partial charge in [0.15, 0.2) is 0 Å². The molecule has 0 bridgehead atoms. The number of benzene rings is 1. The zero-order valence-electron chi connectivity index (χ0n) is 8.71. The van der Waals surface area contributed by atoms with Gasteiger partial charge in [0, 0.05) is 6.07 Å². The number of rotatable bonds is 1. The predicted octanol–water partition coefficient (Wildman–Crippen LogP) is 2.05. The van der Waals surface area contributed by atoms with Crippen LogP contribution in [-0.2, 0) is 0 Å². The van der Waals surface area contributed by atoms with Crippen LogP contribution in [0.3, 0.4) is 0 Å². The van der Waals surface area contributed by atoms with Crippen LogP contribution >= 0.6 is 11.6 Å². The second-order valence-corrected chi connectivity index (χ2v) is 3.88. The molecule has 0 spiro atoms. The second kappa shape index (κ2) is 3.71. The summed E-state index contributed by atoms with van der Waals surface area (Å²) >= 11 is 5.84. The lowest BCUT2D eigenvalue weighted by molar-refractivity contribution is 1.01. The van der Waals surface area contributed by atoms with E-state index < -0.39 is 0 Å². The molecule has 17 heavy (non-hydrogen) atoms. The minimum Gasteiger partial charge on any atom is -0.369 e. The van der Waals surface area contributed by atoms with Gasteiger partial charge < -0.3 is 5.73 Å². The van der Waals surface area contributed by atoms with E-state index in [4.69, 9.17) is 17.3 Å². The number of para-hydroxylation sites is 2. The highest BCUT2D eigenvalue weighted by Crippen LogP contribution is 2.22. The first kappa shape index (κ1) is 10.0. The minimum atomic E-state index is 0.368. The summed E-state index contributed by atoms with van der Waals surface area (Å²) in [5.41, 5.74) is 7.59. The van der Waals surface area contributed by atoms with E-state index in [-0.39, 0.29) is 0 Å². The summed E-state index contributed by atoms with van der Waals surface area (Å²) in [6, 6.07) is 9.29. The van der Waals surface area contributed by atoms with Crippen molar-refractivity contribution >= 4 is 28.6 Å². The molecule has 0 aliphatic heterocycles. The molecule has 0 radical (unpaired) electrons. The monoisotopic (exact) mass is 245 g/mol. The third-order valence-electron chi connectivity index (χ3n) is 2.44. The Morgan fingerprint density at radius 3 is 2.82 bits per heavy atom. The van der Waals surface area contributed by atoms with Crippen molar-refractivity contribution in [2.24, 2.45) is 0 Å². The number of nitrogen functional groups attached to an aromatic ring is 1. The van der Waals surface area contributed by atoms with Crippen LogP contribution in [0.2, 0.25) is 5.15 Å². The topological polar surface area (TPSA) is 69.6 Å². The highest BCUT2D eigenvalue weighted by Gasteiger charge is 2.10. The van der Waals surface area contributed by atoms with Gasteiger partial charge in [0.2, 0.25) is 5.95 Å². The van der Waals surface area contributed by atoms with Crippen molar-refractivity contribution in [2.45, 2.75) is 0 Å². The summed E-state index contributed by atoms with van der Waals surface area (Å²) in [5.74, 6) is 0.983. The van der Waals surface area contributed by atoms with E-state index in [1.165, 1.54) is 6.33 Å². The first-order chi connectivity index (χ1) is 8.25. The number of hydrogen-bond donors (Lipinski definition) is 1. The Morgan fingerprint density at radius 1 is 1.18 bits per heavy atom. The van der Waals surface area contributed by atoms with Crippen molar-refractivity contribution in [3.63, 3.8) is 0 Å². The van der Waals surface area contributed by atoms with Crippen LogP contribution in [0.15, 0.2) is 36.7 Å². The van der Waals surface area contributed by atoms with Gasteiger partial charge in [-0.1, -0.05) is 23.7 Å². The van der Waals surface area contributed by atoms with Crippen LogP contribution in [-0.4, -0.2) is 19.5 Å². The van der Waals surface area contributed by atoms with Crippen molar-refractivity contribution in [3.8, 4) is 5.82 Å². The Bertz CT molecular complexity index is 691. The molecule has 0 unspecified atom stereocenters. The number of halogens is 1. The SMILES string of the molecule is Nc1nc2ccccc2n1-c1cc(Cl)ncn1. The van der Waals surface area contributed by atoms with Crippen LogP contribution in [0, 0.1) is 0 Å². The first-order valence-electron chi connectivity index (χ1n) is 4.96. The summed E-state index contributed by atoms with van der Waals surface area (Å²) in [6.45, 7) is 0. The van der Waals surface area contributed by atoms with Crippen LogP contribution < -0.4 is 5.73 Å². The molecule has 2 heterocycles. The Kier molecular flexibility index (Phi) is 2.19. The molecule has 5 nitrogen and oxygen atoms in total. The molecular weight excluding hydrogens is 238 g/mol. The fraction of sp³-hybridized carbons (Fsp3) is 0. The molecule has 0 atom stereocenters. The number of nitrogens with two attached hydrogens (primary N) is 1. The molecule has 6 heteroatoms. The summed E-state index contributed by atoms with van der Waals surface area (Å²) in [4.78, 5) is 12.2. The third kappa shape index (κ3) is 1.60. The molecule has 3 rings (SSSR count). The molecule has 84 valence electrons. The average Bonchev–Trinajstić information content (AvgIpc) is 2.64. The van der Waals surface area contributed by atoms with E-state index in [2.05, 4.69) is 15.0 Å². The third-order valence-corrected chi connectivity index (χ3v) is 2.64. The van der Waals surface area contributed by atoms with E-state index in [0.29, 0.717) is 16.9 Å². The molecule has 2 N–H and O–H groups in total. The van der Waals surface area contributed by atoms with Gasteiger partial charge in [0.25, 0.3) is 0 Å². The van der Waals surface area contributed by atoms with Crippen LogP contribution in [0.4, 0.5) is 5.95 Å². The summed E-state index contributed by atoms with van der Waals surface area (Å²) < 4.78 is 1.74. The number of hydrogen-bond acceptors (Lipinski definition) is 4. The Labute approximate surface area is 102 Å². The normalized spacial score (nSPS) is 10.9. The fourth-order valence-corrected chi connectivity index (χ4v) is 1.87. The van der Waals surface area contributed by atoms with Crippen molar-refractivity contribution in [2.75, 3.05) is 5.73 Å². The lowest BCUT2D eigenvalue weighted by Gasteiger charge is -2.04. The standard InChI is InChI=1S/C11H8ClN5/c12-9-5-10(15-6-14-9)17-8-4-2-1-3-7(8)16-11(17)13/h1-6H,(H2,13,16). The molecule has 3 aromatic rings. The Hall–Kier alpha value is -2.14. The molecule has 0 fully saturated rings. The van der Waals surface area contributed by atoms with Gasteiger partial charge in [0.05, 0.1) is 11.0 Å². The number of nitrogens with zero attached hydrogens (tertiary/aromatic N) is 4. The molecule has 0 saturated carbocycles.